The van der Waals surface area contributed by atoms with Gasteiger partial charge in [-0.05, 0) is 84.9 Å². The number of carbonyl (C=O) groups excluding carboxylic acids is 1. The Bertz CT molecular complexity index is 1890. The molecule has 0 spiro atoms. The third kappa shape index (κ3) is 8.90. The number of aryl methyl sites for hydroxylation is 2. The maximum atomic E-state index is 15.8. The number of ether oxygens (including phenoxy) is 2. The molecule has 4 aromatic rings. The molecule has 1 aromatic heterocycles. The van der Waals surface area contributed by atoms with E-state index >= 15 is 8.78 Å². The topological polar surface area (TPSA) is 111 Å². The SMILES string of the molecule is CCOC(=O)CCc1cccc(C2CCCC(C)(C)CSCCc3c(c(F)cc4[nH]ccc34)Oc3ccc(F)c(c3)/C(=C(\C#N)C=N)N2)c1. The van der Waals surface area contributed by atoms with E-state index in [9.17, 15) is 10.1 Å². The second kappa shape index (κ2) is 16.2. The molecule has 0 aliphatic carbocycles. The van der Waals surface area contributed by atoms with Gasteiger partial charge in [0.2, 0.25) is 0 Å². The van der Waals surface area contributed by atoms with Crippen molar-refractivity contribution in [2.75, 3.05) is 18.1 Å². The molecule has 0 radical (unpaired) electrons. The zero-order chi connectivity index (χ0) is 35.0. The van der Waals surface area contributed by atoms with Crippen LogP contribution in [0.3, 0.4) is 0 Å². The first kappa shape index (κ1) is 35.7. The van der Waals surface area contributed by atoms with Crippen LogP contribution < -0.4 is 10.1 Å². The number of fused-ring (bicyclic) bond motifs is 5. The van der Waals surface area contributed by atoms with Gasteiger partial charge < -0.3 is 25.2 Å². The Hall–Kier alpha value is -4.62. The van der Waals surface area contributed by atoms with E-state index in [0.717, 1.165) is 52.6 Å². The minimum atomic E-state index is -0.622. The van der Waals surface area contributed by atoms with Crippen LogP contribution in [0.25, 0.3) is 16.6 Å². The van der Waals surface area contributed by atoms with Crippen LogP contribution in [-0.2, 0) is 22.4 Å². The summed E-state index contributed by atoms with van der Waals surface area (Å²) in [7, 11) is 0. The summed E-state index contributed by atoms with van der Waals surface area (Å²) in [5.74, 6) is 0.523. The Kier molecular flexibility index (Phi) is 11.8. The highest BCUT2D eigenvalue weighted by molar-refractivity contribution is 7.99. The number of hydrogen-bond donors (Lipinski definition) is 3. The van der Waals surface area contributed by atoms with E-state index in [4.69, 9.17) is 14.9 Å². The lowest BCUT2D eigenvalue weighted by molar-refractivity contribution is -0.143. The van der Waals surface area contributed by atoms with E-state index in [1.54, 1.807) is 13.1 Å². The van der Waals surface area contributed by atoms with Crippen LogP contribution in [0.4, 0.5) is 8.78 Å². The number of aromatic nitrogens is 1. The average Bonchev–Trinajstić information content (AvgIpc) is 3.55. The summed E-state index contributed by atoms with van der Waals surface area (Å²) in [6.45, 7) is 6.58. The molecule has 0 amide bonds. The fourth-order valence-corrected chi connectivity index (χ4v) is 7.43. The molecule has 1 aliphatic rings. The molecule has 7 nitrogen and oxygen atoms in total. The standard InChI is InChI=1S/C39H42F2N4O3S/c1-4-47-36(46)13-10-25-7-5-8-26(19-25)34-9-6-16-39(2,3)24-49-18-15-30-29-14-17-44-35(29)21-33(41)38(30)48-28-11-12-32(40)31(20-28)37(45-34)27(22-42)23-43/h5,7-8,11-12,14,17,19-22,34,42,44-45H,4,6,9-10,13,15-16,18,24H2,1-3H3/b37-27+,42-22?. The number of aromatic amines is 1. The summed E-state index contributed by atoms with van der Waals surface area (Å²) < 4.78 is 42.8. The smallest absolute Gasteiger partial charge is 0.306 e. The van der Waals surface area contributed by atoms with Gasteiger partial charge in [-0.25, -0.2) is 8.78 Å². The number of rotatable bonds is 6. The molecule has 0 fully saturated rings. The molecule has 2 bridgehead atoms. The average molecular weight is 685 g/mol. The number of hydrogen-bond acceptors (Lipinski definition) is 7. The summed E-state index contributed by atoms with van der Waals surface area (Å²) in [6, 6.07) is 17.0. The van der Waals surface area contributed by atoms with Crippen molar-refractivity contribution < 1.29 is 23.0 Å². The van der Waals surface area contributed by atoms with Crippen molar-refractivity contribution >= 4 is 40.5 Å². The Balaban J connectivity index is 1.59. The van der Waals surface area contributed by atoms with E-state index in [2.05, 4.69) is 30.2 Å². The molecule has 256 valence electrons. The Morgan fingerprint density at radius 2 is 2.02 bits per heavy atom. The van der Waals surface area contributed by atoms with Crippen LogP contribution in [0.1, 0.15) is 74.8 Å². The third-order valence-electron chi connectivity index (χ3n) is 8.76. The molecule has 1 aliphatic heterocycles. The number of H-pyrrole nitrogens is 1. The summed E-state index contributed by atoms with van der Waals surface area (Å²) in [6.07, 6.45) is 6.40. The van der Waals surface area contributed by atoms with Crippen molar-refractivity contribution in [3.8, 4) is 17.6 Å². The van der Waals surface area contributed by atoms with Crippen LogP contribution in [0.15, 0.2) is 66.4 Å². The third-order valence-corrected chi connectivity index (χ3v) is 10.2. The lowest BCUT2D eigenvalue weighted by atomic mass is 9.87. The first-order valence-corrected chi connectivity index (χ1v) is 17.8. The number of allylic oxidation sites excluding steroid dienone is 1. The molecule has 3 N–H and O–H groups in total. The number of nitriles is 1. The van der Waals surface area contributed by atoms with Crippen molar-refractivity contribution in [3.63, 3.8) is 0 Å². The van der Waals surface area contributed by atoms with E-state index < -0.39 is 11.6 Å². The highest BCUT2D eigenvalue weighted by Gasteiger charge is 2.24. The summed E-state index contributed by atoms with van der Waals surface area (Å²) >= 11 is 1.82. The van der Waals surface area contributed by atoms with E-state index in [1.165, 1.54) is 24.3 Å². The zero-order valence-electron chi connectivity index (χ0n) is 28.1. The number of halogens is 2. The van der Waals surface area contributed by atoms with Crippen molar-refractivity contribution in [1.29, 1.82) is 10.7 Å². The summed E-state index contributed by atoms with van der Waals surface area (Å²) in [4.78, 5) is 15.2. The van der Waals surface area contributed by atoms with Gasteiger partial charge in [0, 0.05) is 46.9 Å². The molecule has 5 rings (SSSR count). The second-order valence-electron chi connectivity index (χ2n) is 13.0. The van der Waals surface area contributed by atoms with Gasteiger partial charge in [0.1, 0.15) is 17.6 Å². The Morgan fingerprint density at radius 1 is 1.18 bits per heavy atom. The molecule has 3 aromatic carbocycles. The first-order chi connectivity index (χ1) is 23.6. The number of carbonyl (C=O) groups is 1. The quantitative estimate of drug-likeness (QED) is 0.106. The van der Waals surface area contributed by atoms with Gasteiger partial charge in [-0.3, -0.25) is 4.79 Å². The van der Waals surface area contributed by atoms with E-state index in [-0.39, 0.29) is 52.2 Å². The van der Waals surface area contributed by atoms with E-state index in [1.807, 2.05) is 42.1 Å². The molecular formula is C39H42F2N4O3S. The van der Waals surface area contributed by atoms with Gasteiger partial charge in [-0.15, -0.1) is 0 Å². The number of nitrogens with one attached hydrogen (secondary N) is 3. The number of esters is 1. The Morgan fingerprint density at radius 3 is 2.80 bits per heavy atom. The second-order valence-corrected chi connectivity index (χ2v) is 14.1. The van der Waals surface area contributed by atoms with Gasteiger partial charge in [-0.1, -0.05) is 44.5 Å². The van der Waals surface area contributed by atoms with Gasteiger partial charge in [0.05, 0.1) is 23.9 Å². The van der Waals surface area contributed by atoms with Gasteiger partial charge in [-0.2, -0.15) is 17.0 Å². The Labute approximate surface area is 290 Å². The van der Waals surface area contributed by atoms with Crippen molar-refractivity contribution in [3.05, 3.63) is 100 Å². The molecular weight excluding hydrogens is 643 g/mol. The fourth-order valence-electron chi connectivity index (χ4n) is 6.24. The normalized spacial score (nSPS) is 17.8. The highest BCUT2D eigenvalue weighted by Crippen LogP contribution is 2.38. The summed E-state index contributed by atoms with van der Waals surface area (Å²) in [5.41, 5.74) is 3.37. The van der Waals surface area contributed by atoms with Crippen LogP contribution in [-0.4, -0.2) is 35.3 Å². The molecule has 0 saturated heterocycles. The van der Waals surface area contributed by atoms with Gasteiger partial charge >= 0.3 is 5.97 Å². The number of benzene rings is 3. The number of thioether (sulfide) groups is 1. The lowest BCUT2D eigenvalue weighted by Gasteiger charge is -2.27. The molecule has 2 heterocycles. The molecule has 10 heteroatoms. The molecule has 0 saturated carbocycles. The highest BCUT2D eigenvalue weighted by atomic mass is 32.2. The fraction of sp³-hybridized carbons (Fsp3) is 0.359. The van der Waals surface area contributed by atoms with Crippen LogP contribution in [0.2, 0.25) is 0 Å². The lowest BCUT2D eigenvalue weighted by Crippen LogP contribution is -2.23. The molecule has 49 heavy (non-hydrogen) atoms. The van der Waals surface area contributed by atoms with E-state index in [0.29, 0.717) is 31.4 Å². The van der Waals surface area contributed by atoms with Crippen molar-refractivity contribution in [1.82, 2.24) is 10.3 Å². The predicted octanol–water partition coefficient (Wildman–Crippen LogP) is 9.44. The minimum absolute atomic E-state index is 0.000488. The maximum Gasteiger partial charge on any atom is 0.306 e. The van der Waals surface area contributed by atoms with Crippen LogP contribution >= 0.6 is 11.8 Å². The van der Waals surface area contributed by atoms with Crippen molar-refractivity contribution in [2.24, 2.45) is 5.41 Å². The summed E-state index contributed by atoms with van der Waals surface area (Å²) in [5, 5.41) is 22.5. The number of nitrogens with zero attached hydrogens (tertiary/aromatic N) is 1. The maximum absolute atomic E-state index is 15.8. The first-order valence-electron chi connectivity index (χ1n) is 16.6. The van der Waals surface area contributed by atoms with Crippen LogP contribution in [0.5, 0.6) is 11.5 Å². The molecule has 1 unspecified atom stereocenters. The predicted molar refractivity (Wildman–Crippen MR) is 192 cm³/mol. The van der Waals surface area contributed by atoms with Gasteiger partial charge in [0.25, 0.3) is 0 Å². The zero-order valence-corrected chi connectivity index (χ0v) is 28.9. The largest absolute Gasteiger partial charge is 0.466 e. The minimum Gasteiger partial charge on any atom is -0.466 e. The van der Waals surface area contributed by atoms with Crippen LogP contribution in [0, 0.1) is 33.8 Å². The van der Waals surface area contributed by atoms with Gasteiger partial charge in [0.15, 0.2) is 11.6 Å². The molecule has 1 atom stereocenters. The van der Waals surface area contributed by atoms with Crippen molar-refractivity contribution in [2.45, 2.75) is 65.3 Å². The monoisotopic (exact) mass is 684 g/mol.